The molecule has 1 heterocycles. The fourth-order valence-electron chi connectivity index (χ4n) is 1.59. The second-order valence-corrected chi connectivity index (χ2v) is 5.22. The van der Waals surface area contributed by atoms with E-state index in [1.165, 1.54) is 12.8 Å². The van der Waals surface area contributed by atoms with E-state index >= 15 is 0 Å². The van der Waals surface area contributed by atoms with Gasteiger partial charge in [-0.1, -0.05) is 28.3 Å². The van der Waals surface area contributed by atoms with Crippen LogP contribution in [-0.2, 0) is 6.54 Å². The first kappa shape index (κ1) is 12.7. The van der Waals surface area contributed by atoms with Gasteiger partial charge in [-0.05, 0) is 31.0 Å². The van der Waals surface area contributed by atoms with Crippen molar-refractivity contribution < 1.29 is 4.42 Å². The molecule has 0 spiro atoms. The summed E-state index contributed by atoms with van der Waals surface area (Å²) in [4.78, 5) is 0. The summed E-state index contributed by atoms with van der Waals surface area (Å²) in [5.41, 5.74) is 0.750. The molecule has 1 aliphatic rings. The molecular formula is C12H12Cl2N4O. The number of hydrogen-bond donors (Lipinski definition) is 2. The van der Waals surface area contributed by atoms with Gasteiger partial charge in [-0.2, -0.15) is 0 Å². The van der Waals surface area contributed by atoms with Crippen LogP contribution in [0.15, 0.2) is 22.6 Å². The zero-order valence-corrected chi connectivity index (χ0v) is 11.5. The van der Waals surface area contributed by atoms with Crippen molar-refractivity contribution in [2.24, 2.45) is 0 Å². The Morgan fingerprint density at radius 2 is 2.05 bits per heavy atom. The zero-order chi connectivity index (χ0) is 13.2. The van der Waals surface area contributed by atoms with Crippen LogP contribution >= 0.6 is 23.2 Å². The molecular weight excluding hydrogens is 287 g/mol. The maximum Gasteiger partial charge on any atom is 0.320 e. The first-order chi connectivity index (χ1) is 9.20. The summed E-state index contributed by atoms with van der Waals surface area (Å²) in [6, 6.07) is 6.15. The molecule has 0 aliphatic heterocycles. The van der Waals surface area contributed by atoms with Crippen molar-refractivity contribution in [1.29, 1.82) is 0 Å². The molecule has 0 saturated heterocycles. The standard InChI is InChI=1S/C12H12Cl2N4O/c13-9-4-3-8(5-10(9)14)16-12-18-17-11(19-12)6-15-7-1-2-7/h3-5,7,15H,1-2,6H2,(H,16,18). The van der Waals surface area contributed by atoms with E-state index in [9.17, 15) is 0 Å². The number of nitrogens with one attached hydrogen (secondary N) is 2. The van der Waals surface area contributed by atoms with Gasteiger partial charge in [-0.25, -0.2) is 0 Å². The Morgan fingerprint density at radius 1 is 1.21 bits per heavy atom. The molecule has 100 valence electrons. The number of nitrogens with zero attached hydrogens (tertiary/aromatic N) is 2. The van der Waals surface area contributed by atoms with Crippen LogP contribution in [0.25, 0.3) is 0 Å². The fraction of sp³-hybridized carbons (Fsp3) is 0.333. The van der Waals surface area contributed by atoms with Crippen LogP contribution in [0.3, 0.4) is 0 Å². The monoisotopic (exact) mass is 298 g/mol. The van der Waals surface area contributed by atoms with Gasteiger partial charge in [0.2, 0.25) is 5.89 Å². The van der Waals surface area contributed by atoms with Crippen molar-refractivity contribution in [3.8, 4) is 0 Å². The van der Waals surface area contributed by atoms with Crippen LogP contribution in [0.4, 0.5) is 11.7 Å². The van der Waals surface area contributed by atoms with Crippen LogP contribution in [0, 0.1) is 0 Å². The van der Waals surface area contributed by atoms with Crippen LogP contribution in [-0.4, -0.2) is 16.2 Å². The first-order valence-corrected chi connectivity index (χ1v) is 6.74. The minimum absolute atomic E-state index is 0.339. The Bertz CT molecular complexity index is 583. The number of rotatable bonds is 5. The summed E-state index contributed by atoms with van der Waals surface area (Å²) in [6.07, 6.45) is 2.45. The van der Waals surface area contributed by atoms with Crippen molar-refractivity contribution in [2.45, 2.75) is 25.4 Å². The molecule has 1 aromatic carbocycles. The maximum absolute atomic E-state index is 5.93. The van der Waals surface area contributed by atoms with Crippen molar-refractivity contribution in [2.75, 3.05) is 5.32 Å². The fourth-order valence-corrected chi connectivity index (χ4v) is 1.89. The first-order valence-electron chi connectivity index (χ1n) is 5.98. The summed E-state index contributed by atoms with van der Waals surface area (Å²) < 4.78 is 5.46. The van der Waals surface area contributed by atoms with Crippen molar-refractivity contribution in [3.05, 3.63) is 34.1 Å². The SMILES string of the molecule is Clc1ccc(Nc2nnc(CNC3CC3)o2)cc1Cl. The average molecular weight is 299 g/mol. The van der Waals surface area contributed by atoms with E-state index in [4.69, 9.17) is 27.6 Å². The van der Waals surface area contributed by atoms with Gasteiger partial charge in [0.05, 0.1) is 16.6 Å². The summed E-state index contributed by atoms with van der Waals surface area (Å²) in [6.45, 7) is 0.598. The molecule has 0 amide bonds. The van der Waals surface area contributed by atoms with E-state index in [0.717, 1.165) is 5.69 Å². The predicted octanol–water partition coefficient (Wildman–Crippen LogP) is 3.37. The number of anilines is 2. The number of benzene rings is 1. The molecule has 0 atom stereocenters. The van der Waals surface area contributed by atoms with Gasteiger partial charge in [-0.15, -0.1) is 5.10 Å². The molecule has 1 saturated carbocycles. The van der Waals surface area contributed by atoms with Gasteiger partial charge < -0.3 is 15.1 Å². The lowest BCUT2D eigenvalue weighted by molar-refractivity contribution is 0.478. The molecule has 1 aromatic heterocycles. The Morgan fingerprint density at radius 3 is 2.79 bits per heavy atom. The van der Waals surface area contributed by atoms with Gasteiger partial charge in [0.1, 0.15) is 0 Å². The lowest BCUT2D eigenvalue weighted by Crippen LogP contribution is -2.15. The third-order valence-corrected chi connectivity index (χ3v) is 3.50. The minimum Gasteiger partial charge on any atom is -0.406 e. The molecule has 2 N–H and O–H groups in total. The molecule has 1 aliphatic carbocycles. The molecule has 0 unspecified atom stereocenters. The zero-order valence-electron chi connectivity index (χ0n) is 9.99. The maximum atomic E-state index is 5.93. The van der Waals surface area contributed by atoms with Gasteiger partial charge in [-0.3, -0.25) is 0 Å². The van der Waals surface area contributed by atoms with E-state index in [1.807, 2.05) is 0 Å². The second-order valence-electron chi connectivity index (χ2n) is 4.41. The Labute approximate surface area is 120 Å². The molecule has 19 heavy (non-hydrogen) atoms. The topological polar surface area (TPSA) is 63.0 Å². The Hall–Kier alpha value is -1.30. The highest BCUT2D eigenvalue weighted by Crippen LogP contribution is 2.26. The molecule has 5 nitrogen and oxygen atoms in total. The Kier molecular flexibility index (Phi) is 3.59. The smallest absolute Gasteiger partial charge is 0.320 e. The number of halogens is 2. The van der Waals surface area contributed by atoms with Gasteiger partial charge in [0, 0.05) is 11.7 Å². The molecule has 3 rings (SSSR count). The van der Waals surface area contributed by atoms with Gasteiger partial charge >= 0.3 is 6.01 Å². The largest absolute Gasteiger partial charge is 0.406 e. The van der Waals surface area contributed by atoms with Gasteiger partial charge in [0.25, 0.3) is 0 Å². The molecule has 0 radical (unpaired) electrons. The van der Waals surface area contributed by atoms with E-state index in [1.54, 1.807) is 18.2 Å². The highest BCUT2D eigenvalue weighted by atomic mass is 35.5. The normalized spacial score (nSPS) is 14.6. The lowest BCUT2D eigenvalue weighted by Gasteiger charge is -2.02. The van der Waals surface area contributed by atoms with Gasteiger partial charge in [0.15, 0.2) is 0 Å². The highest BCUT2D eigenvalue weighted by molar-refractivity contribution is 6.42. The van der Waals surface area contributed by atoms with E-state index < -0.39 is 0 Å². The van der Waals surface area contributed by atoms with Crippen molar-refractivity contribution >= 4 is 34.9 Å². The lowest BCUT2D eigenvalue weighted by atomic mass is 10.3. The number of aromatic nitrogens is 2. The Balaban J connectivity index is 1.63. The van der Waals surface area contributed by atoms with Crippen LogP contribution in [0.2, 0.25) is 10.0 Å². The van der Waals surface area contributed by atoms with E-state index in [0.29, 0.717) is 34.5 Å². The van der Waals surface area contributed by atoms with Crippen LogP contribution < -0.4 is 10.6 Å². The summed E-state index contributed by atoms with van der Waals surface area (Å²) in [5, 5.41) is 15.1. The van der Waals surface area contributed by atoms with E-state index in [2.05, 4.69) is 20.8 Å². The van der Waals surface area contributed by atoms with Crippen LogP contribution in [0.5, 0.6) is 0 Å². The van der Waals surface area contributed by atoms with E-state index in [-0.39, 0.29) is 0 Å². The summed E-state index contributed by atoms with van der Waals surface area (Å²) >= 11 is 11.8. The summed E-state index contributed by atoms with van der Waals surface area (Å²) in [7, 11) is 0. The minimum atomic E-state index is 0.339. The van der Waals surface area contributed by atoms with Crippen molar-refractivity contribution in [3.63, 3.8) is 0 Å². The second kappa shape index (κ2) is 5.36. The third kappa shape index (κ3) is 3.37. The highest BCUT2D eigenvalue weighted by Gasteiger charge is 2.21. The third-order valence-electron chi connectivity index (χ3n) is 2.76. The molecule has 2 aromatic rings. The summed E-state index contributed by atoms with van der Waals surface area (Å²) in [5.74, 6) is 0.564. The van der Waals surface area contributed by atoms with Crippen molar-refractivity contribution in [1.82, 2.24) is 15.5 Å². The van der Waals surface area contributed by atoms with Crippen LogP contribution in [0.1, 0.15) is 18.7 Å². The molecule has 1 fully saturated rings. The number of hydrogen-bond acceptors (Lipinski definition) is 5. The predicted molar refractivity (Wildman–Crippen MR) is 73.9 cm³/mol. The average Bonchev–Trinajstić information content (AvgIpc) is 3.12. The quantitative estimate of drug-likeness (QED) is 0.886. The molecule has 0 bridgehead atoms. The molecule has 7 heteroatoms.